The van der Waals surface area contributed by atoms with Crippen molar-refractivity contribution in [2.45, 2.75) is 0 Å². The van der Waals surface area contributed by atoms with Gasteiger partial charge in [0.25, 0.3) is 0 Å². The van der Waals surface area contributed by atoms with Crippen LogP contribution in [-0.2, 0) is 0 Å². The maximum Gasteiger partial charge on any atom is 0.0299 e. The van der Waals surface area contributed by atoms with E-state index in [1.165, 1.54) is 14.1 Å². The molecule has 0 spiro atoms. The summed E-state index contributed by atoms with van der Waals surface area (Å²) in [6.07, 6.45) is 0. The number of hydrogen-bond donors (Lipinski definition) is 2. The summed E-state index contributed by atoms with van der Waals surface area (Å²) in [4.78, 5) is 0. The molecular weight excluding hydrogens is 98.0 g/mol. The number of hydrazine groups is 2. The highest BCUT2D eigenvalue weighted by atomic mass is 16.6. The van der Waals surface area contributed by atoms with Gasteiger partial charge >= 0.3 is 0 Å². The van der Waals surface area contributed by atoms with Crippen molar-refractivity contribution < 1.29 is 5.21 Å². The molecule has 0 aliphatic carbocycles. The molecule has 0 amide bonds. The Morgan fingerprint density at radius 2 is 2.00 bits per heavy atom. The van der Waals surface area contributed by atoms with Crippen LogP contribution in [0.5, 0.6) is 0 Å². The summed E-state index contributed by atoms with van der Waals surface area (Å²) in [6, 6.07) is 0. The van der Waals surface area contributed by atoms with Crippen molar-refractivity contribution >= 4 is 0 Å². The van der Waals surface area contributed by atoms with Crippen LogP contribution in [0.3, 0.4) is 0 Å². The lowest BCUT2D eigenvalue weighted by Crippen LogP contribution is -2.40. The van der Waals surface area contributed by atoms with Gasteiger partial charge in [0.05, 0.1) is 0 Å². The molecule has 0 atom stereocenters. The second kappa shape index (κ2) is 2.89. The van der Waals surface area contributed by atoms with Gasteiger partial charge in [-0.3, -0.25) is 5.21 Å². The van der Waals surface area contributed by atoms with E-state index >= 15 is 0 Å². The van der Waals surface area contributed by atoms with Crippen LogP contribution in [-0.4, -0.2) is 29.6 Å². The van der Waals surface area contributed by atoms with E-state index in [2.05, 4.69) is 0 Å². The average Bonchev–Trinajstić information content (AvgIpc) is 1.27. The predicted molar refractivity (Wildman–Crippen MR) is 23.8 cm³/mol. The van der Waals surface area contributed by atoms with Crippen LogP contribution in [0.4, 0.5) is 0 Å². The van der Waals surface area contributed by atoms with Gasteiger partial charge in [-0.05, 0) is 7.05 Å². The van der Waals surface area contributed by atoms with Crippen molar-refractivity contribution in [1.82, 2.24) is 15.9 Å². The number of nitrogens with one attached hydrogen (secondary N) is 1. The summed E-state index contributed by atoms with van der Waals surface area (Å²) in [6.45, 7) is 0. The van der Waals surface area contributed by atoms with Crippen molar-refractivity contribution in [2.75, 3.05) is 14.1 Å². The molecule has 0 heterocycles. The maximum absolute atomic E-state index is 9.86. The predicted octanol–water partition coefficient (Wildman–Crippen LogP) is -0.843. The van der Waals surface area contributed by atoms with Gasteiger partial charge in [-0.2, -0.15) is 5.53 Å². The largest absolute Gasteiger partial charge is 0.771 e. The summed E-state index contributed by atoms with van der Waals surface area (Å²) in [5, 5.41) is 19.0. The minimum Gasteiger partial charge on any atom is -0.771 e. The van der Waals surface area contributed by atoms with Crippen molar-refractivity contribution in [3.05, 3.63) is 5.21 Å². The minimum atomic E-state index is 0.375. The summed E-state index contributed by atoms with van der Waals surface area (Å²) < 4.78 is 0. The van der Waals surface area contributed by atoms with Crippen LogP contribution in [0.1, 0.15) is 0 Å². The van der Waals surface area contributed by atoms with E-state index in [0.29, 0.717) is 10.3 Å². The minimum absolute atomic E-state index is 0.375. The quantitative estimate of drug-likeness (QED) is 0.449. The second-order valence-corrected chi connectivity index (χ2v) is 1.12. The van der Waals surface area contributed by atoms with Crippen LogP contribution < -0.4 is 5.53 Å². The fraction of sp³-hybridized carbons (Fsp3) is 1.00. The SMILES string of the molecule is CN([O-])NN(C)O. The van der Waals surface area contributed by atoms with E-state index in [1.807, 2.05) is 5.53 Å². The Hall–Kier alpha value is -0.200. The average molecular weight is 106 g/mol. The molecule has 44 valence electrons. The molecule has 5 nitrogen and oxygen atoms in total. The van der Waals surface area contributed by atoms with E-state index in [-0.39, 0.29) is 0 Å². The first-order valence-corrected chi connectivity index (χ1v) is 1.72. The summed E-state index contributed by atoms with van der Waals surface area (Å²) in [5.41, 5.74) is 1.97. The topological polar surface area (TPSA) is 61.8 Å². The van der Waals surface area contributed by atoms with Gasteiger partial charge in [-0.1, -0.05) is 0 Å². The first kappa shape index (κ1) is 6.80. The van der Waals surface area contributed by atoms with E-state index in [9.17, 15) is 5.21 Å². The summed E-state index contributed by atoms with van der Waals surface area (Å²) in [7, 11) is 2.53. The fourth-order valence-corrected chi connectivity index (χ4v) is 0.204. The van der Waals surface area contributed by atoms with Gasteiger partial charge in [0, 0.05) is 7.05 Å². The zero-order chi connectivity index (χ0) is 5.86. The summed E-state index contributed by atoms with van der Waals surface area (Å²) >= 11 is 0. The molecule has 0 rings (SSSR count). The van der Waals surface area contributed by atoms with Crippen LogP contribution in [0.25, 0.3) is 0 Å². The Bertz CT molecular complexity index is 40.2. The first-order valence-electron chi connectivity index (χ1n) is 1.72. The van der Waals surface area contributed by atoms with Gasteiger partial charge in [0.15, 0.2) is 0 Å². The van der Waals surface area contributed by atoms with Gasteiger partial charge in [-0.25, -0.2) is 0 Å². The Morgan fingerprint density at radius 1 is 1.57 bits per heavy atom. The van der Waals surface area contributed by atoms with Crippen molar-refractivity contribution in [1.29, 1.82) is 0 Å². The lowest BCUT2D eigenvalue weighted by Gasteiger charge is -2.25. The molecule has 0 saturated carbocycles. The molecule has 2 N–H and O–H groups in total. The molecule has 0 aliphatic heterocycles. The van der Waals surface area contributed by atoms with Crippen molar-refractivity contribution in [3.63, 3.8) is 0 Å². The normalized spacial score (nSPS) is 11.1. The summed E-state index contributed by atoms with van der Waals surface area (Å²) in [5.74, 6) is 0. The third-order valence-corrected chi connectivity index (χ3v) is 0.286. The van der Waals surface area contributed by atoms with Crippen LogP contribution in [0.15, 0.2) is 0 Å². The highest BCUT2D eigenvalue weighted by Crippen LogP contribution is 1.65. The highest BCUT2D eigenvalue weighted by molar-refractivity contribution is 4.28. The molecule has 0 bridgehead atoms. The molecular formula is C2H8N3O2-. The number of hydrogen-bond acceptors (Lipinski definition) is 5. The maximum atomic E-state index is 9.86. The van der Waals surface area contributed by atoms with E-state index < -0.39 is 0 Å². The van der Waals surface area contributed by atoms with Crippen molar-refractivity contribution in [2.24, 2.45) is 0 Å². The molecule has 5 heteroatoms. The number of hydroxylamine groups is 2. The van der Waals surface area contributed by atoms with Gasteiger partial charge in [0.1, 0.15) is 0 Å². The second-order valence-electron chi connectivity index (χ2n) is 1.12. The van der Waals surface area contributed by atoms with Crippen molar-refractivity contribution in [3.8, 4) is 0 Å². The molecule has 0 fully saturated rings. The molecule has 0 aliphatic rings. The third-order valence-electron chi connectivity index (χ3n) is 0.286. The van der Waals surface area contributed by atoms with Gasteiger partial charge in [0.2, 0.25) is 0 Å². The van der Waals surface area contributed by atoms with Crippen LogP contribution in [0, 0.1) is 5.21 Å². The Morgan fingerprint density at radius 3 is 2.00 bits per heavy atom. The molecule has 0 unspecified atom stereocenters. The van der Waals surface area contributed by atoms with E-state index in [0.717, 1.165) is 0 Å². The Balaban J connectivity index is 2.95. The smallest absolute Gasteiger partial charge is 0.0299 e. The van der Waals surface area contributed by atoms with Gasteiger partial charge < -0.3 is 10.4 Å². The molecule has 0 saturated heterocycles. The van der Waals surface area contributed by atoms with E-state index in [4.69, 9.17) is 5.21 Å². The van der Waals surface area contributed by atoms with E-state index in [1.54, 1.807) is 0 Å². The van der Waals surface area contributed by atoms with Crippen LogP contribution >= 0.6 is 0 Å². The fourth-order valence-electron chi connectivity index (χ4n) is 0.204. The first-order chi connectivity index (χ1) is 3.13. The Kier molecular flexibility index (Phi) is 2.81. The lowest BCUT2D eigenvalue weighted by atomic mass is 11.4. The monoisotopic (exact) mass is 106 g/mol. The van der Waals surface area contributed by atoms with Gasteiger partial charge in [-0.15, -0.1) is 5.17 Å². The zero-order valence-corrected chi connectivity index (χ0v) is 4.25. The highest BCUT2D eigenvalue weighted by Gasteiger charge is 1.81. The third kappa shape index (κ3) is 5.80. The number of nitrogens with zero attached hydrogens (tertiary/aromatic N) is 2. The molecule has 0 aromatic carbocycles. The number of rotatable bonds is 2. The standard InChI is InChI=1S/C2H8N3O2/c1-4(6)3-5(2)7/h3,6H,1-2H3/q-1. The Labute approximate surface area is 41.6 Å². The van der Waals surface area contributed by atoms with Crippen LogP contribution in [0.2, 0.25) is 0 Å². The molecule has 7 heavy (non-hydrogen) atoms. The molecule has 0 aromatic heterocycles. The lowest BCUT2D eigenvalue weighted by molar-refractivity contribution is -0.153. The molecule has 0 radical (unpaired) electrons. The molecule has 0 aromatic rings. The zero-order valence-electron chi connectivity index (χ0n) is 4.25.